The van der Waals surface area contributed by atoms with Crippen LogP contribution in [0.4, 0.5) is 0 Å². The number of fused-ring (bicyclic) bond motifs is 1. The Hall–Kier alpha value is -4.24. The first kappa shape index (κ1) is 50.6. The number of halogens is 2. The van der Waals surface area contributed by atoms with Crippen LogP contribution < -0.4 is 10.6 Å². The molecule has 0 aliphatic carbocycles. The number of piperidine rings is 1. The minimum Gasteiger partial charge on any atom is -0.347 e. The molecule has 20 heteroatoms. The SMILES string of the molecule is CCCCCCCCN1CCN(S(=O)(=O)c2ccc(CNC(=O)c3ccc(Cl)cc3)s2)CC1.O=C(NCc1ccc(S(=O)(=O)N2CCC(n3nnc4ccccc43)CC2)s1)c1ccc(Cl)cc1. The van der Waals surface area contributed by atoms with E-state index < -0.39 is 20.0 Å². The summed E-state index contributed by atoms with van der Waals surface area (Å²) in [7, 11) is -7.09. The number of unbranched alkanes of at least 4 members (excludes halogenated alkanes) is 5. The number of sulfonamides is 2. The van der Waals surface area contributed by atoms with Crippen LogP contribution in [0.3, 0.4) is 0 Å². The van der Waals surface area contributed by atoms with Gasteiger partial charge in [0.2, 0.25) is 0 Å². The standard InChI is InChI=1S/C24H34ClN3O3S2.C23H22ClN5O3S2/c1-2-3-4-5-6-7-14-27-15-17-28(18-16-27)33(30,31)23-13-12-22(32-23)19-26-24(29)20-8-10-21(25)11-9-20;24-17-7-5-16(6-8-17)23(30)25-15-19-9-10-22(33-19)34(31,32)28-13-11-18(12-14-28)29-21-4-2-1-3-20(21)26-27-29/h8-13H,2-7,14-19H2,1H3,(H,26,29);1-10,18H,11-15H2,(H,25,30). The van der Waals surface area contributed by atoms with Gasteiger partial charge in [0, 0.05) is 70.2 Å². The number of nitrogens with zero attached hydrogens (tertiary/aromatic N) is 6. The summed E-state index contributed by atoms with van der Waals surface area (Å²) in [6.07, 6.45) is 8.97. The number of hydrogen-bond donors (Lipinski definition) is 2. The molecule has 3 aromatic heterocycles. The van der Waals surface area contributed by atoms with Gasteiger partial charge < -0.3 is 15.5 Å². The smallest absolute Gasteiger partial charge is 0.252 e. The number of thiophene rings is 2. The third kappa shape index (κ3) is 13.5. The van der Waals surface area contributed by atoms with E-state index in [1.54, 1.807) is 77.1 Å². The maximum absolute atomic E-state index is 13.2. The molecule has 2 N–H and O–H groups in total. The zero-order valence-corrected chi connectivity index (χ0v) is 42.1. The van der Waals surface area contributed by atoms with Crippen LogP contribution in [0.5, 0.6) is 0 Å². The molecule has 0 saturated carbocycles. The van der Waals surface area contributed by atoms with Crippen molar-refractivity contribution in [2.75, 3.05) is 45.8 Å². The Morgan fingerprint density at radius 1 is 0.627 bits per heavy atom. The van der Waals surface area contributed by atoms with Crippen LogP contribution in [0.15, 0.2) is 105 Å². The molecule has 5 heterocycles. The van der Waals surface area contributed by atoms with Gasteiger partial charge in [-0.3, -0.25) is 9.59 Å². The highest BCUT2D eigenvalue weighted by molar-refractivity contribution is 7.91. The average Bonchev–Trinajstić information content (AvgIpc) is 4.14. The van der Waals surface area contributed by atoms with Crippen molar-refractivity contribution in [3.8, 4) is 0 Å². The van der Waals surface area contributed by atoms with Gasteiger partial charge in [-0.2, -0.15) is 8.61 Å². The van der Waals surface area contributed by atoms with Gasteiger partial charge in [-0.05, 0) is 111 Å². The molecule has 67 heavy (non-hydrogen) atoms. The molecule has 6 aromatic rings. The molecule has 0 spiro atoms. The Morgan fingerprint density at radius 2 is 1.12 bits per heavy atom. The molecule has 2 amide bonds. The molecule has 2 aliphatic heterocycles. The van der Waals surface area contributed by atoms with E-state index in [-0.39, 0.29) is 35.2 Å². The van der Waals surface area contributed by atoms with Gasteiger partial charge in [0.1, 0.15) is 13.9 Å². The normalized spacial score (nSPS) is 15.6. The minimum atomic E-state index is -3.59. The summed E-state index contributed by atoms with van der Waals surface area (Å²) in [5.74, 6) is -0.455. The van der Waals surface area contributed by atoms with E-state index in [0.717, 1.165) is 40.4 Å². The van der Waals surface area contributed by atoms with E-state index in [9.17, 15) is 26.4 Å². The summed E-state index contributed by atoms with van der Waals surface area (Å²) in [5, 5.41) is 15.3. The van der Waals surface area contributed by atoms with E-state index in [2.05, 4.69) is 32.8 Å². The largest absolute Gasteiger partial charge is 0.347 e. The van der Waals surface area contributed by atoms with Crippen LogP contribution in [0.25, 0.3) is 11.0 Å². The Kier molecular flexibility index (Phi) is 18.0. The number of nitrogens with one attached hydrogen (secondary N) is 2. The highest BCUT2D eigenvalue weighted by atomic mass is 35.5. The van der Waals surface area contributed by atoms with Gasteiger partial charge in [0.15, 0.2) is 0 Å². The molecule has 0 bridgehead atoms. The maximum atomic E-state index is 13.2. The fourth-order valence-electron chi connectivity index (χ4n) is 7.97. The molecule has 2 aliphatic rings. The number of amides is 2. The second-order valence-electron chi connectivity index (χ2n) is 16.5. The van der Waals surface area contributed by atoms with Crippen LogP contribution in [-0.2, 0) is 33.1 Å². The van der Waals surface area contributed by atoms with Crippen LogP contribution in [0.2, 0.25) is 10.0 Å². The van der Waals surface area contributed by atoms with Crippen molar-refractivity contribution in [2.24, 2.45) is 0 Å². The number of piperazine rings is 1. The summed E-state index contributed by atoms with van der Waals surface area (Å²) < 4.78 is 58.2. The molecule has 3 aromatic carbocycles. The number of hydrogen-bond acceptors (Lipinski definition) is 11. The van der Waals surface area contributed by atoms with Gasteiger partial charge in [-0.25, -0.2) is 21.5 Å². The first-order chi connectivity index (χ1) is 32.3. The quantitative estimate of drug-likeness (QED) is 0.0799. The van der Waals surface area contributed by atoms with Crippen molar-refractivity contribution in [1.29, 1.82) is 0 Å². The van der Waals surface area contributed by atoms with E-state index in [0.29, 0.717) is 64.4 Å². The summed E-state index contributed by atoms with van der Waals surface area (Å²) in [6.45, 7) is 7.27. The molecular formula is C47H56Cl2N8O6S4. The van der Waals surface area contributed by atoms with Gasteiger partial charge in [0.05, 0.1) is 24.6 Å². The van der Waals surface area contributed by atoms with Crippen molar-refractivity contribution in [3.05, 3.63) is 128 Å². The fraction of sp³-hybridized carbons (Fsp3) is 0.404. The second-order valence-corrected chi connectivity index (χ2v) is 24.0. The number of para-hydroxylation sites is 1. The number of rotatable bonds is 18. The Bertz CT molecular complexity index is 2780. The zero-order chi connectivity index (χ0) is 47.4. The third-order valence-corrected chi connectivity index (χ3v) is 19.2. The molecule has 14 nitrogen and oxygen atoms in total. The molecular weight excluding hydrogens is 972 g/mol. The molecule has 358 valence electrons. The van der Waals surface area contributed by atoms with Crippen LogP contribution in [0, 0.1) is 0 Å². The van der Waals surface area contributed by atoms with E-state index in [1.807, 2.05) is 28.9 Å². The van der Waals surface area contributed by atoms with Crippen molar-refractivity contribution in [3.63, 3.8) is 0 Å². The third-order valence-electron chi connectivity index (χ3n) is 11.8. The number of carbonyl (C=O) groups is 2. The minimum absolute atomic E-state index is 0.112. The predicted molar refractivity (Wildman–Crippen MR) is 267 cm³/mol. The number of carbonyl (C=O) groups excluding carboxylic acids is 2. The van der Waals surface area contributed by atoms with Crippen LogP contribution >= 0.6 is 45.9 Å². The summed E-state index contributed by atoms with van der Waals surface area (Å²) in [4.78, 5) is 28.5. The Morgan fingerprint density at radius 3 is 1.66 bits per heavy atom. The Labute approximate surface area is 411 Å². The van der Waals surface area contributed by atoms with Gasteiger partial charge in [-0.1, -0.05) is 79.6 Å². The summed E-state index contributed by atoms with van der Waals surface area (Å²) >= 11 is 14.1. The predicted octanol–water partition coefficient (Wildman–Crippen LogP) is 9.10. The fourth-order valence-corrected chi connectivity index (χ4v) is 14.0. The molecule has 2 fully saturated rings. The number of aromatic nitrogens is 3. The molecule has 0 radical (unpaired) electrons. The maximum Gasteiger partial charge on any atom is 0.252 e. The van der Waals surface area contributed by atoms with E-state index in [4.69, 9.17) is 23.2 Å². The first-order valence-corrected chi connectivity index (χ1v) is 27.9. The summed E-state index contributed by atoms with van der Waals surface area (Å²) in [5.41, 5.74) is 2.82. The van der Waals surface area contributed by atoms with Crippen LogP contribution in [0.1, 0.15) is 94.8 Å². The molecule has 0 atom stereocenters. The van der Waals surface area contributed by atoms with Gasteiger partial charge >= 0.3 is 0 Å². The van der Waals surface area contributed by atoms with Crippen molar-refractivity contribution >= 4 is 88.8 Å². The lowest BCUT2D eigenvalue weighted by molar-refractivity contribution is 0.0943. The van der Waals surface area contributed by atoms with Crippen molar-refractivity contribution in [1.82, 2.24) is 39.1 Å². The second kappa shape index (κ2) is 23.9. The summed E-state index contributed by atoms with van der Waals surface area (Å²) in [6, 6.07) is 27.9. The first-order valence-electron chi connectivity index (χ1n) is 22.6. The molecule has 0 unspecified atom stereocenters. The zero-order valence-electron chi connectivity index (χ0n) is 37.4. The van der Waals surface area contributed by atoms with E-state index >= 15 is 0 Å². The Balaban J connectivity index is 0.000000199. The monoisotopic (exact) mass is 1030 g/mol. The number of benzene rings is 3. The topological polar surface area (TPSA) is 167 Å². The van der Waals surface area contributed by atoms with Gasteiger partial charge in [-0.15, -0.1) is 27.8 Å². The van der Waals surface area contributed by atoms with Crippen molar-refractivity contribution < 1.29 is 26.4 Å². The lowest BCUT2D eigenvalue weighted by atomic mass is 10.1. The van der Waals surface area contributed by atoms with Crippen molar-refractivity contribution in [2.45, 2.75) is 85.8 Å². The highest BCUT2D eigenvalue weighted by Crippen LogP contribution is 2.32. The lowest BCUT2D eigenvalue weighted by Crippen LogP contribution is -2.48. The van der Waals surface area contributed by atoms with Crippen LogP contribution in [-0.4, -0.2) is 103 Å². The molecule has 2 saturated heterocycles. The average molecular weight is 1030 g/mol. The highest BCUT2D eigenvalue weighted by Gasteiger charge is 2.33. The van der Waals surface area contributed by atoms with E-state index in [1.165, 1.54) is 65.5 Å². The van der Waals surface area contributed by atoms with Gasteiger partial charge in [0.25, 0.3) is 31.9 Å². The molecule has 8 rings (SSSR count). The lowest BCUT2D eigenvalue weighted by Gasteiger charge is -2.33.